The van der Waals surface area contributed by atoms with Gasteiger partial charge in [0.25, 0.3) is 5.69 Å². The van der Waals surface area contributed by atoms with Gasteiger partial charge in [0.2, 0.25) is 0 Å². The van der Waals surface area contributed by atoms with Gasteiger partial charge in [-0.25, -0.2) is 0 Å². The summed E-state index contributed by atoms with van der Waals surface area (Å²) >= 11 is 0. The number of alkyl halides is 2. The minimum Gasteiger partial charge on any atom is -0.435 e. The van der Waals surface area contributed by atoms with Crippen molar-refractivity contribution in [1.29, 1.82) is 0 Å². The average Bonchev–Trinajstić information content (AvgIpc) is 2.27. The predicted molar refractivity (Wildman–Crippen MR) is 54.8 cm³/mol. The van der Waals surface area contributed by atoms with Crippen LogP contribution in [-0.4, -0.2) is 23.2 Å². The van der Waals surface area contributed by atoms with Crippen LogP contribution in [0.1, 0.15) is 12.5 Å². The highest BCUT2D eigenvalue weighted by atomic mass is 19.3. The highest BCUT2D eigenvalue weighted by Gasteiger charge is 2.18. The fourth-order valence-electron chi connectivity index (χ4n) is 1.25. The van der Waals surface area contributed by atoms with E-state index in [4.69, 9.17) is 5.11 Å². The van der Waals surface area contributed by atoms with E-state index in [1.54, 1.807) is 0 Å². The second-order valence-electron chi connectivity index (χ2n) is 3.25. The number of nitrogens with zero attached hydrogens (tertiary/aromatic N) is 1. The van der Waals surface area contributed by atoms with Crippen LogP contribution in [0.2, 0.25) is 0 Å². The smallest absolute Gasteiger partial charge is 0.387 e. The SMILES string of the molecule is C[C](CO)c1cc([N+](=O)[O-])ccc1OC(F)F. The number of nitro groups is 1. The molecule has 0 fully saturated rings. The van der Waals surface area contributed by atoms with Crippen molar-refractivity contribution in [1.82, 2.24) is 0 Å². The second-order valence-corrected chi connectivity index (χ2v) is 3.25. The Labute approximate surface area is 95.8 Å². The number of ether oxygens (including phenoxy) is 1. The molecule has 0 saturated heterocycles. The molecular weight excluding hydrogens is 236 g/mol. The zero-order valence-corrected chi connectivity index (χ0v) is 8.89. The fraction of sp³-hybridized carbons (Fsp3) is 0.300. The fourth-order valence-corrected chi connectivity index (χ4v) is 1.25. The van der Waals surface area contributed by atoms with Crippen molar-refractivity contribution in [3.05, 3.63) is 39.8 Å². The predicted octanol–water partition coefficient (Wildman–Crippen LogP) is 2.13. The third-order valence-electron chi connectivity index (χ3n) is 2.09. The highest BCUT2D eigenvalue weighted by molar-refractivity contribution is 5.50. The van der Waals surface area contributed by atoms with E-state index >= 15 is 0 Å². The van der Waals surface area contributed by atoms with Gasteiger partial charge >= 0.3 is 6.61 Å². The minimum absolute atomic E-state index is 0.0991. The zero-order chi connectivity index (χ0) is 13.0. The van der Waals surface area contributed by atoms with Gasteiger partial charge in [-0.2, -0.15) is 8.78 Å². The average molecular weight is 246 g/mol. The number of halogens is 2. The summed E-state index contributed by atoms with van der Waals surface area (Å²) in [4.78, 5) is 9.89. The maximum Gasteiger partial charge on any atom is 0.387 e. The quantitative estimate of drug-likeness (QED) is 0.638. The number of benzene rings is 1. The third kappa shape index (κ3) is 3.35. The van der Waals surface area contributed by atoms with Crippen molar-refractivity contribution in [2.24, 2.45) is 0 Å². The van der Waals surface area contributed by atoms with E-state index in [0.717, 1.165) is 18.2 Å². The van der Waals surface area contributed by atoms with Crippen molar-refractivity contribution >= 4 is 5.69 Å². The third-order valence-corrected chi connectivity index (χ3v) is 2.09. The lowest BCUT2D eigenvalue weighted by molar-refractivity contribution is -0.384. The number of hydrogen-bond donors (Lipinski definition) is 1. The molecule has 0 atom stereocenters. The first-order valence-electron chi connectivity index (χ1n) is 4.62. The molecule has 1 rings (SSSR count). The van der Waals surface area contributed by atoms with Crippen LogP contribution in [0.15, 0.2) is 18.2 Å². The normalized spacial score (nSPS) is 10.9. The van der Waals surface area contributed by atoms with E-state index < -0.39 is 18.1 Å². The van der Waals surface area contributed by atoms with Gasteiger partial charge in [-0.1, -0.05) is 6.92 Å². The number of rotatable bonds is 5. The van der Waals surface area contributed by atoms with Crippen LogP contribution >= 0.6 is 0 Å². The molecule has 5 nitrogen and oxygen atoms in total. The molecule has 1 radical (unpaired) electrons. The van der Waals surface area contributed by atoms with Gasteiger partial charge in [-0.3, -0.25) is 10.1 Å². The lowest BCUT2D eigenvalue weighted by Gasteiger charge is -2.13. The Morgan fingerprint density at radius 1 is 1.59 bits per heavy atom. The van der Waals surface area contributed by atoms with Crippen molar-refractivity contribution in [3.63, 3.8) is 0 Å². The van der Waals surface area contributed by atoms with Crippen LogP contribution in [-0.2, 0) is 0 Å². The zero-order valence-electron chi connectivity index (χ0n) is 8.89. The summed E-state index contributed by atoms with van der Waals surface area (Å²) in [5.41, 5.74) is -0.156. The first kappa shape index (κ1) is 13.3. The molecule has 0 spiro atoms. The van der Waals surface area contributed by atoms with Gasteiger partial charge in [-0.05, 0) is 6.07 Å². The number of hydrogen-bond acceptors (Lipinski definition) is 4. The Morgan fingerprint density at radius 3 is 2.71 bits per heavy atom. The summed E-state index contributed by atoms with van der Waals surface area (Å²) in [6.45, 7) is -1.96. The van der Waals surface area contributed by atoms with E-state index in [0.29, 0.717) is 5.92 Å². The molecule has 93 valence electrons. The van der Waals surface area contributed by atoms with Gasteiger partial charge in [0, 0.05) is 23.6 Å². The molecule has 0 aliphatic rings. The van der Waals surface area contributed by atoms with E-state index in [9.17, 15) is 18.9 Å². The van der Waals surface area contributed by atoms with Crippen LogP contribution < -0.4 is 4.74 Å². The second kappa shape index (κ2) is 5.53. The van der Waals surface area contributed by atoms with E-state index in [-0.39, 0.29) is 17.0 Å². The Hall–Kier alpha value is -1.76. The molecule has 7 heteroatoms. The molecule has 1 aromatic rings. The Bertz CT molecular complexity index is 411. The van der Waals surface area contributed by atoms with Crippen molar-refractivity contribution in [2.75, 3.05) is 6.61 Å². The Morgan fingerprint density at radius 2 is 2.24 bits per heavy atom. The molecule has 1 aromatic carbocycles. The van der Waals surface area contributed by atoms with Gasteiger partial charge in [0.05, 0.1) is 11.5 Å². The minimum atomic E-state index is -3.03. The molecule has 0 saturated carbocycles. The van der Waals surface area contributed by atoms with Gasteiger partial charge in [0.1, 0.15) is 5.75 Å². The molecule has 1 N–H and O–H groups in total. The monoisotopic (exact) mass is 246 g/mol. The number of aliphatic hydroxyl groups excluding tert-OH is 1. The Kier molecular flexibility index (Phi) is 4.33. The topological polar surface area (TPSA) is 72.6 Å². The number of nitro benzene ring substituents is 1. The molecule has 0 aliphatic carbocycles. The summed E-state index contributed by atoms with van der Waals surface area (Å²) in [7, 11) is 0. The maximum absolute atomic E-state index is 12.1. The van der Waals surface area contributed by atoms with Crippen LogP contribution in [0.5, 0.6) is 5.75 Å². The largest absolute Gasteiger partial charge is 0.435 e. The van der Waals surface area contributed by atoms with Crippen LogP contribution in [0.25, 0.3) is 0 Å². The van der Waals surface area contributed by atoms with Crippen LogP contribution in [0.3, 0.4) is 0 Å². The summed E-state index contributed by atoms with van der Waals surface area (Å²) in [6.07, 6.45) is 0. The van der Waals surface area contributed by atoms with Crippen LogP contribution in [0.4, 0.5) is 14.5 Å². The standard InChI is InChI=1S/C10H10F2NO4/c1-6(5-14)8-4-7(13(15)16)2-3-9(8)17-10(11)12/h2-4,10,14H,5H2,1H3. The summed E-state index contributed by atoms with van der Waals surface area (Å²) < 4.78 is 28.4. The van der Waals surface area contributed by atoms with E-state index in [2.05, 4.69) is 4.74 Å². The van der Waals surface area contributed by atoms with Crippen LogP contribution in [0, 0.1) is 16.0 Å². The molecule has 0 unspecified atom stereocenters. The molecule has 0 heterocycles. The maximum atomic E-state index is 12.1. The number of non-ortho nitro benzene ring substituents is 1. The molecule has 0 aromatic heterocycles. The van der Waals surface area contributed by atoms with Crippen molar-refractivity contribution < 1.29 is 23.5 Å². The Balaban J connectivity index is 3.16. The summed E-state index contributed by atoms with van der Waals surface area (Å²) in [5, 5.41) is 19.5. The lowest BCUT2D eigenvalue weighted by Crippen LogP contribution is -2.08. The van der Waals surface area contributed by atoms with E-state index in [1.165, 1.54) is 6.92 Å². The summed E-state index contributed by atoms with van der Waals surface area (Å²) in [6, 6.07) is 3.23. The first-order chi connectivity index (χ1) is 7.95. The van der Waals surface area contributed by atoms with E-state index in [1.807, 2.05) is 0 Å². The molecule has 0 amide bonds. The lowest BCUT2D eigenvalue weighted by atomic mass is 10.0. The van der Waals surface area contributed by atoms with Gasteiger partial charge < -0.3 is 9.84 Å². The summed E-state index contributed by atoms with van der Waals surface area (Å²) in [5.74, 6) is 0.113. The van der Waals surface area contributed by atoms with Crippen molar-refractivity contribution in [2.45, 2.75) is 13.5 Å². The van der Waals surface area contributed by atoms with Gasteiger partial charge in [0.15, 0.2) is 0 Å². The highest BCUT2D eigenvalue weighted by Crippen LogP contribution is 2.30. The molecule has 0 bridgehead atoms. The molecule has 17 heavy (non-hydrogen) atoms. The van der Waals surface area contributed by atoms with Gasteiger partial charge in [-0.15, -0.1) is 0 Å². The molecular formula is C10H10F2NO4. The van der Waals surface area contributed by atoms with Crippen molar-refractivity contribution in [3.8, 4) is 5.75 Å². The first-order valence-corrected chi connectivity index (χ1v) is 4.62. The number of aliphatic hydroxyl groups is 1. The molecule has 0 aliphatic heterocycles.